The van der Waals surface area contributed by atoms with E-state index in [2.05, 4.69) is 67.4 Å². The van der Waals surface area contributed by atoms with Gasteiger partial charge in [-0.2, -0.15) is 5.10 Å². The van der Waals surface area contributed by atoms with Crippen LogP contribution in [0, 0.1) is 6.92 Å². The van der Waals surface area contributed by atoms with Gasteiger partial charge in [0.1, 0.15) is 0 Å². The summed E-state index contributed by atoms with van der Waals surface area (Å²) in [6.07, 6.45) is 1.92. The third kappa shape index (κ3) is 3.22. The van der Waals surface area contributed by atoms with Gasteiger partial charge in [-0.3, -0.25) is 4.68 Å². The second-order valence-corrected chi connectivity index (χ2v) is 5.94. The standard InChI is InChI=1S/C13H15Br2N3/c1-9-11(8-17-18(9)2)7-16-6-10-3-4-12(14)13(15)5-10/h3-5,8,16H,6-7H2,1-2H3. The number of hydrogen-bond donors (Lipinski definition) is 1. The lowest BCUT2D eigenvalue weighted by molar-refractivity contribution is 0.684. The predicted molar refractivity (Wildman–Crippen MR) is 80.3 cm³/mol. The summed E-state index contributed by atoms with van der Waals surface area (Å²) in [6.45, 7) is 3.77. The third-order valence-electron chi connectivity index (χ3n) is 2.97. The Bertz CT molecular complexity index is 549. The van der Waals surface area contributed by atoms with Crippen LogP contribution in [0.4, 0.5) is 0 Å². The molecule has 0 saturated heterocycles. The van der Waals surface area contributed by atoms with Gasteiger partial charge in [0, 0.05) is 40.3 Å². The van der Waals surface area contributed by atoms with Gasteiger partial charge in [-0.1, -0.05) is 6.07 Å². The second-order valence-electron chi connectivity index (χ2n) is 4.23. The molecule has 1 heterocycles. The van der Waals surface area contributed by atoms with E-state index in [1.807, 2.05) is 17.9 Å². The van der Waals surface area contributed by atoms with Crippen LogP contribution >= 0.6 is 31.9 Å². The van der Waals surface area contributed by atoms with Gasteiger partial charge in [0.05, 0.1) is 6.20 Å². The van der Waals surface area contributed by atoms with Crippen molar-refractivity contribution in [2.24, 2.45) is 7.05 Å². The van der Waals surface area contributed by atoms with Crippen molar-refractivity contribution in [3.63, 3.8) is 0 Å². The minimum Gasteiger partial charge on any atom is -0.308 e. The van der Waals surface area contributed by atoms with Crippen LogP contribution in [0.25, 0.3) is 0 Å². The first-order valence-electron chi connectivity index (χ1n) is 5.70. The highest BCUT2D eigenvalue weighted by Gasteiger charge is 2.03. The maximum absolute atomic E-state index is 4.23. The molecule has 0 amide bonds. The third-order valence-corrected chi connectivity index (χ3v) is 4.85. The average Bonchev–Trinajstić information content (AvgIpc) is 2.66. The molecule has 2 aromatic rings. The van der Waals surface area contributed by atoms with Crippen LogP contribution in [0.2, 0.25) is 0 Å². The summed E-state index contributed by atoms with van der Waals surface area (Å²) >= 11 is 6.98. The summed E-state index contributed by atoms with van der Waals surface area (Å²) in [5.74, 6) is 0. The fraction of sp³-hybridized carbons (Fsp3) is 0.308. The molecule has 0 radical (unpaired) electrons. The maximum atomic E-state index is 4.23. The van der Waals surface area contributed by atoms with Crippen molar-refractivity contribution in [3.8, 4) is 0 Å². The minimum atomic E-state index is 0.841. The average molecular weight is 373 g/mol. The first-order valence-corrected chi connectivity index (χ1v) is 7.28. The van der Waals surface area contributed by atoms with Gasteiger partial charge in [0.15, 0.2) is 0 Å². The van der Waals surface area contributed by atoms with Gasteiger partial charge in [0.25, 0.3) is 0 Å². The number of nitrogens with one attached hydrogen (secondary N) is 1. The molecule has 5 heteroatoms. The van der Waals surface area contributed by atoms with E-state index in [1.165, 1.54) is 16.8 Å². The van der Waals surface area contributed by atoms with E-state index in [1.54, 1.807) is 0 Å². The minimum absolute atomic E-state index is 0.841. The van der Waals surface area contributed by atoms with E-state index >= 15 is 0 Å². The van der Waals surface area contributed by atoms with E-state index in [0.717, 1.165) is 22.0 Å². The second kappa shape index (κ2) is 5.99. The Kier molecular flexibility index (Phi) is 4.59. The number of aromatic nitrogens is 2. The van der Waals surface area contributed by atoms with E-state index in [9.17, 15) is 0 Å². The molecule has 0 bridgehead atoms. The lowest BCUT2D eigenvalue weighted by atomic mass is 10.2. The number of hydrogen-bond acceptors (Lipinski definition) is 2. The molecule has 0 fully saturated rings. The van der Waals surface area contributed by atoms with Crippen molar-refractivity contribution in [1.82, 2.24) is 15.1 Å². The number of aryl methyl sites for hydroxylation is 1. The Morgan fingerprint density at radius 3 is 2.61 bits per heavy atom. The van der Waals surface area contributed by atoms with Crippen molar-refractivity contribution < 1.29 is 0 Å². The van der Waals surface area contributed by atoms with Crippen molar-refractivity contribution in [1.29, 1.82) is 0 Å². The van der Waals surface area contributed by atoms with Crippen molar-refractivity contribution in [2.45, 2.75) is 20.0 Å². The normalized spacial score (nSPS) is 10.9. The molecule has 0 atom stereocenters. The molecule has 96 valence electrons. The molecule has 0 aliphatic carbocycles. The van der Waals surface area contributed by atoms with Crippen molar-refractivity contribution in [2.75, 3.05) is 0 Å². The van der Waals surface area contributed by atoms with Crippen molar-refractivity contribution >= 4 is 31.9 Å². The molecule has 18 heavy (non-hydrogen) atoms. The zero-order valence-corrected chi connectivity index (χ0v) is 13.5. The fourth-order valence-electron chi connectivity index (χ4n) is 1.71. The molecule has 0 spiro atoms. The number of halogens is 2. The highest BCUT2D eigenvalue weighted by molar-refractivity contribution is 9.13. The molecule has 0 unspecified atom stereocenters. The summed E-state index contributed by atoms with van der Waals surface area (Å²) in [5.41, 5.74) is 3.71. The van der Waals surface area contributed by atoms with E-state index in [4.69, 9.17) is 0 Å². The Balaban J connectivity index is 1.92. The van der Waals surface area contributed by atoms with Crippen LogP contribution in [-0.4, -0.2) is 9.78 Å². The molecule has 0 saturated carbocycles. The topological polar surface area (TPSA) is 29.9 Å². The maximum Gasteiger partial charge on any atom is 0.0537 e. The Hall–Kier alpha value is -0.650. The Morgan fingerprint density at radius 2 is 2.00 bits per heavy atom. The Morgan fingerprint density at radius 1 is 1.22 bits per heavy atom. The fourth-order valence-corrected chi connectivity index (χ4v) is 2.38. The van der Waals surface area contributed by atoms with Crippen LogP contribution < -0.4 is 5.32 Å². The first kappa shape index (κ1) is 13.8. The molecule has 1 N–H and O–H groups in total. The summed E-state index contributed by atoms with van der Waals surface area (Å²) in [6, 6.07) is 6.28. The molecule has 1 aromatic heterocycles. The summed E-state index contributed by atoms with van der Waals surface area (Å²) in [5, 5.41) is 7.66. The lowest BCUT2D eigenvalue weighted by Crippen LogP contribution is -2.13. The predicted octanol–water partition coefficient (Wildman–Crippen LogP) is 3.54. The molecule has 2 rings (SSSR count). The highest BCUT2D eigenvalue weighted by atomic mass is 79.9. The van der Waals surface area contributed by atoms with Crippen LogP contribution in [-0.2, 0) is 20.1 Å². The van der Waals surface area contributed by atoms with Gasteiger partial charge in [-0.15, -0.1) is 0 Å². The molecule has 1 aromatic carbocycles. The number of nitrogens with zero attached hydrogens (tertiary/aromatic N) is 2. The highest BCUT2D eigenvalue weighted by Crippen LogP contribution is 2.23. The quantitative estimate of drug-likeness (QED) is 0.889. The van der Waals surface area contributed by atoms with E-state index < -0.39 is 0 Å². The van der Waals surface area contributed by atoms with E-state index in [0.29, 0.717) is 0 Å². The van der Waals surface area contributed by atoms with Gasteiger partial charge < -0.3 is 5.32 Å². The van der Waals surface area contributed by atoms with Crippen LogP contribution in [0.5, 0.6) is 0 Å². The largest absolute Gasteiger partial charge is 0.308 e. The zero-order valence-electron chi connectivity index (χ0n) is 10.4. The number of benzene rings is 1. The van der Waals surface area contributed by atoms with Gasteiger partial charge >= 0.3 is 0 Å². The van der Waals surface area contributed by atoms with E-state index in [-0.39, 0.29) is 0 Å². The SMILES string of the molecule is Cc1c(CNCc2ccc(Br)c(Br)c2)cnn1C. The van der Waals surface area contributed by atoms with Gasteiger partial charge in [0.2, 0.25) is 0 Å². The van der Waals surface area contributed by atoms with Crippen LogP contribution in [0.3, 0.4) is 0 Å². The monoisotopic (exact) mass is 371 g/mol. The molecule has 0 aliphatic heterocycles. The summed E-state index contributed by atoms with van der Waals surface area (Å²) < 4.78 is 4.06. The van der Waals surface area contributed by atoms with Gasteiger partial charge in [-0.25, -0.2) is 0 Å². The molecular formula is C13H15Br2N3. The molecule has 3 nitrogen and oxygen atoms in total. The molecule has 0 aliphatic rings. The summed E-state index contributed by atoms with van der Waals surface area (Å²) in [4.78, 5) is 0. The van der Waals surface area contributed by atoms with Crippen molar-refractivity contribution in [3.05, 3.63) is 50.2 Å². The zero-order chi connectivity index (χ0) is 13.1. The molecular weight excluding hydrogens is 358 g/mol. The number of rotatable bonds is 4. The first-order chi connectivity index (χ1) is 8.58. The summed E-state index contributed by atoms with van der Waals surface area (Å²) in [7, 11) is 1.96. The lowest BCUT2D eigenvalue weighted by Gasteiger charge is -2.06. The Labute approximate surface area is 124 Å². The van der Waals surface area contributed by atoms with Gasteiger partial charge in [-0.05, 0) is 56.5 Å². The van der Waals surface area contributed by atoms with Crippen LogP contribution in [0.15, 0.2) is 33.3 Å². The smallest absolute Gasteiger partial charge is 0.0537 e. The van der Waals surface area contributed by atoms with Crippen LogP contribution in [0.1, 0.15) is 16.8 Å².